The molecule has 1 atom stereocenters. The number of benzene rings is 2. The van der Waals surface area contributed by atoms with E-state index in [2.05, 4.69) is 20.7 Å². The summed E-state index contributed by atoms with van der Waals surface area (Å²) in [5, 5.41) is 14.2. The number of rotatable bonds is 4. The number of anilines is 1. The Kier molecular flexibility index (Phi) is 4.71. The summed E-state index contributed by atoms with van der Waals surface area (Å²) in [5.41, 5.74) is 0.790. The summed E-state index contributed by atoms with van der Waals surface area (Å²) in [5.74, 6) is -1.24. The summed E-state index contributed by atoms with van der Waals surface area (Å²) in [6.45, 7) is 1.57. The smallest absolute Gasteiger partial charge is 0.250 e. The summed E-state index contributed by atoms with van der Waals surface area (Å²) in [6.07, 6.45) is 0. The third-order valence-corrected chi connectivity index (χ3v) is 3.71. The van der Waals surface area contributed by atoms with Crippen molar-refractivity contribution in [1.82, 2.24) is 20.2 Å². The van der Waals surface area contributed by atoms with Gasteiger partial charge in [-0.3, -0.25) is 4.79 Å². The molecule has 25 heavy (non-hydrogen) atoms. The lowest BCUT2D eigenvalue weighted by molar-refractivity contribution is -0.119. The van der Waals surface area contributed by atoms with Crippen LogP contribution in [0.2, 0.25) is 5.02 Å². The van der Waals surface area contributed by atoms with Crippen LogP contribution in [0.4, 0.5) is 14.5 Å². The number of amides is 1. The molecule has 128 valence electrons. The van der Waals surface area contributed by atoms with Gasteiger partial charge in [-0.2, -0.15) is 4.80 Å². The van der Waals surface area contributed by atoms with Gasteiger partial charge in [-0.05, 0) is 42.5 Å². The molecule has 0 aliphatic rings. The van der Waals surface area contributed by atoms with E-state index in [0.29, 0.717) is 11.3 Å². The van der Waals surface area contributed by atoms with Gasteiger partial charge in [0.05, 0.1) is 5.02 Å². The highest BCUT2D eigenvalue weighted by Crippen LogP contribution is 2.20. The molecule has 3 aromatic rings. The van der Waals surface area contributed by atoms with E-state index >= 15 is 0 Å². The second kappa shape index (κ2) is 6.94. The number of tetrazole rings is 1. The highest BCUT2D eigenvalue weighted by Gasteiger charge is 2.19. The Morgan fingerprint density at radius 3 is 2.76 bits per heavy atom. The molecule has 1 unspecified atom stereocenters. The van der Waals surface area contributed by atoms with Gasteiger partial charge in [-0.1, -0.05) is 23.7 Å². The number of halogens is 3. The number of hydrogen-bond acceptors (Lipinski definition) is 4. The van der Waals surface area contributed by atoms with E-state index in [1.165, 1.54) is 30.3 Å². The number of nitrogens with one attached hydrogen (secondary N) is 1. The molecular weight excluding hydrogens is 352 g/mol. The SMILES string of the molecule is CC(C(=O)Nc1ccc(F)c(Cl)c1)n1nnc(-c2cccc(F)c2)n1. The first kappa shape index (κ1) is 17.0. The molecule has 2 aromatic carbocycles. The van der Waals surface area contributed by atoms with E-state index in [9.17, 15) is 13.6 Å². The average molecular weight is 364 g/mol. The Balaban J connectivity index is 1.75. The largest absolute Gasteiger partial charge is 0.324 e. The molecule has 0 aliphatic heterocycles. The molecule has 6 nitrogen and oxygen atoms in total. The first-order chi connectivity index (χ1) is 11.9. The van der Waals surface area contributed by atoms with Crippen LogP contribution in [0.15, 0.2) is 42.5 Å². The molecular formula is C16H12ClF2N5O. The van der Waals surface area contributed by atoms with Crippen molar-refractivity contribution in [3.63, 3.8) is 0 Å². The molecule has 0 radical (unpaired) electrons. The zero-order chi connectivity index (χ0) is 18.0. The van der Waals surface area contributed by atoms with Crippen LogP contribution in [0.25, 0.3) is 11.4 Å². The third kappa shape index (κ3) is 3.80. The van der Waals surface area contributed by atoms with Crippen LogP contribution < -0.4 is 5.32 Å². The van der Waals surface area contributed by atoms with Crippen molar-refractivity contribution in [2.75, 3.05) is 5.32 Å². The lowest BCUT2D eigenvalue weighted by Crippen LogP contribution is -2.25. The van der Waals surface area contributed by atoms with Gasteiger partial charge in [-0.25, -0.2) is 8.78 Å². The van der Waals surface area contributed by atoms with E-state index < -0.39 is 23.6 Å². The zero-order valence-corrected chi connectivity index (χ0v) is 13.7. The van der Waals surface area contributed by atoms with Gasteiger partial charge in [0.25, 0.3) is 5.91 Å². The minimum Gasteiger partial charge on any atom is -0.324 e. The third-order valence-electron chi connectivity index (χ3n) is 3.42. The fraction of sp³-hybridized carbons (Fsp3) is 0.125. The van der Waals surface area contributed by atoms with Crippen LogP contribution in [-0.4, -0.2) is 26.1 Å². The molecule has 1 aromatic heterocycles. The highest BCUT2D eigenvalue weighted by atomic mass is 35.5. The molecule has 3 rings (SSSR count). The second-order valence-electron chi connectivity index (χ2n) is 5.24. The van der Waals surface area contributed by atoms with E-state index in [4.69, 9.17) is 11.6 Å². The van der Waals surface area contributed by atoms with Gasteiger partial charge in [0.2, 0.25) is 5.82 Å². The normalized spacial score (nSPS) is 12.0. The van der Waals surface area contributed by atoms with Gasteiger partial charge in [0, 0.05) is 11.3 Å². The Hall–Kier alpha value is -2.87. The number of hydrogen-bond donors (Lipinski definition) is 1. The first-order valence-electron chi connectivity index (χ1n) is 7.25. The topological polar surface area (TPSA) is 72.7 Å². The Labute approximate surface area is 146 Å². The van der Waals surface area contributed by atoms with E-state index in [-0.39, 0.29) is 10.8 Å². The van der Waals surface area contributed by atoms with Crippen molar-refractivity contribution in [3.05, 3.63) is 59.1 Å². The maximum atomic E-state index is 13.3. The Morgan fingerprint density at radius 1 is 1.24 bits per heavy atom. The number of nitrogens with zero attached hydrogens (tertiary/aromatic N) is 4. The molecule has 0 saturated carbocycles. The fourth-order valence-electron chi connectivity index (χ4n) is 2.06. The lowest BCUT2D eigenvalue weighted by atomic mass is 10.2. The van der Waals surface area contributed by atoms with Gasteiger partial charge in [-0.15, -0.1) is 10.2 Å². The first-order valence-corrected chi connectivity index (χ1v) is 7.63. The van der Waals surface area contributed by atoms with Gasteiger partial charge in [0.1, 0.15) is 17.7 Å². The minimum absolute atomic E-state index is 0.0993. The van der Waals surface area contributed by atoms with Gasteiger partial charge in [0.15, 0.2) is 0 Å². The molecule has 0 bridgehead atoms. The Bertz CT molecular complexity index is 930. The molecule has 0 aliphatic carbocycles. The van der Waals surface area contributed by atoms with Crippen LogP contribution in [0.1, 0.15) is 13.0 Å². The van der Waals surface area contributed by atoms with Crippen LogP contribution in [0.5, 0.6) is 0 Å². The Morgan fingerprint density at radius 2 is 2.04 bits per heavy atom. The van der Waals surface area contributed by atoms with Gasteiger partial charge >= 0.3 is 0 Å². The van der Waals surface area contributed by atoms with Crippen molar-refractivity contribution in [3.8, 4) is 11.4 Å². The van der Waals surface area contributed by atoms with Crippen molar-refractivity contribution in [2.45, 2.75) is 13.0 Å². The van der Waals surface area contributed by atoms with Gasteiger partial charge < -0.3 is 5.32 Å². The summed E-state index contributed by atoms with van der Waals surface area (Å²) in [7, 11) is 0. The van der Waals surface area contributed by atoms with Crippen molar-refractivity contribution >= 4 is 23.2 Å². The highest BCUT2D eigenvalue weighted by molar-refractivity contribution is 6.31. The average Bonchev–Trinajstić information content (AvgIpc) is 3.07. The number of carbonyl (C=O) groups excluding carboxylic acids is 1. The van der Waals surface area contributed by atoms with Crippen LogP contribution >= 0.6 is 11.6 Å². The number of aromatic nitrogens is 4. The maximum absolute atomic E-state index is 13.3. The van der Waals surface area contributed by atoms with Crippen LogP contribution in [-0.2, 0) is 4.79 Å². The minimum atomic E-state index is -0.793. The molecule has 9 heteroatoms. The monoisotopic (exact) mass is 363 g/mol. The molecule has 1 amide bonds. The summed E-state index contributed by atoms with van der Waals surface area (Å²) < 4.78 is 26.4. The van der Waals surface area contributed by atoms with Crippen molar-refractivity contribution in [1.29, 1.82) is 0 Å². The van der Waals surface area contributed by atoms with Crippen LogP contribution in [0, 0.1) is 11.6 Å². The van der Waals surface area contributed by atoms with Crippen molar-refractivity contribution in [2.24, 2.45) is 0 Å². The summed E-state index contributed by atoms with van der Waals surface area (Å²) >= 11 is 5.68. The molecule has 0 fully saturated rings. The predicted molar refractivity (Wildman–Crippen MR) is 88.0 cm³/mol. The predicted octanol–water partition coefficient (Wildman–Crippen LogP) is 3.47. The molecule has 1 heterocycles. The molecule has 1 N–H and O–H groups in total. The summed E-state index contributed by atoms with van der Waals surface area (Å²) in [4.78, 5) is 13.4. The van der Waals surface area contributed by atoms with Crippen molar-refractivity contribution < 1.29 is 13.6 Å². The van der Waals surface area contributed by atoms with E-state index in [0.717, 1.165) is 10.9 Å². The fourth-order valence-corrected chi connectivity index (χ4v) is 2.24. The van der Waals surface area contributed by atoms with E-state index in [1.54, 1.807) is 13.0 Å². The van der Waals surface area contributed by atoms with Crippen LogP contribution in [0.3, 0.4) is 0 Å². The van der Waals surface area contributed by atoms with E-state index in [1.807, 2.05) is 0 Å². The number of carbonyl (C=O) groups is 1. The molecule has 0 spiro atoms. The maximum Gasteiger partial charge on any atom is 0.250 e. The standard InChI is InChI=1S/C16H12ClF2N5O/c1-9(16(25)20-12-5-6-14(19)13(17)8-12)24-22-15(21-23-24)10-3-2-4-11(18)7-10/h2-9H,1H3,(H,20,25). The molecule has 0 saturated heterocycles. The zero-order valence-electron chi connectivity index (χ0n) is 12.9. The summed E-state index contributed by atoms with van der Waals surface area (Å²) in [6, 6.07) is 8.78. The lowest BCUT2D eigenvalue weighted by Gasteiger charge is -2.11. The second-order valence-corrected chi connectivity index (χ2v) is 5.65. The quantitative estimate of drug-likeness (QED) is 0.770.